The third-order valence-corrected chi connectivity index (χ3v) is 4.71. The molecule has 0 spiro atoms. The van der Waals surface area contributed by atoms with E-state index in [4.69, 9.17) is 5.73 Å². The van der Waals surface area contributed by atoms with Gasteiger partial charge >= 0.3 is 0 Å². The van der Waals surface area contributed by atoms with Crippen LogP contribution in [0, 0.1) is 13.8 Å². The number of primary amides is 1. The van der Waals surface area contributed by atoms with Crippen molar-refractivity contribution in [1.82, 2.24) is 5.32 Å². The van der Waals surface area contributed by atoms with Crippen LogP contribution >= 0.6 is 0 Å². The van der Waals surface area contributed by atoms with E-state index in [9.17, 15) is 9.59 Å². The molecule has 26 heavy (non-hydrogen) atoms. The Hall–Kier alpha value is -3.14. The van der Waals surface area contributed by atoms with Gasteiger partial charge in [-0.25, -0.2) is 0 Å². The van der Waals surface area contributed by atoms with Crippen molar-refractivity contribution in [3.05, 3.63) is 82.9 Å². The smallest absolute Gasteiger partial charge is 0.251 e. The van der Waals surface area contributed by atoms with Gasteiger partial charge in [0.05, 0.1) is 0 Å². The Bertz CT molecular complexity index is 959. The molecule has 0 heterocycles. The minimum Gasteiger partial charge on any atom is -0.368 e. The number of rotatable bonds is 5. The summed E-state index contributed by atoms with van der Waals surface area (Å²) in [6, 6.07) is 18.5. The highest BCUT2D eigenvalue weighted by molar-refractivity contribution is 6.00. The quantitative estimate of drug-likeness (QED) is 0.744. The number of amides is 2. The van der Waals surface area contributed by atoms with Gasteiger partial charge in [0.25, 0.3) is 5.91 Å². The first-order valence-corrected chi connectivity index (χ1v) is 8.60. The van der Waals surface area contributed by atoms with Gasteiger partial charge in [-0.3, -0.25) is 9.59 Å². The molecule has 4 nitrogen and oxygen atoms in total. The van der Waals surface area contributed by atoms with Crippen LogP contribution in [0.3, 0.4) is 0 Å². The van der Waals surface area contributed by atoms with Crippen LogP contribution in [0.2, 0.25) is 0 Å². The van der Waals surface area contributed by atoms with Crippen LogP contribution in [-0.2, 0) is 11.2 Å². The molecular weight excluding hydrogens is 324 g/mol. The van der Waals surface area contributed by atoms with Crippen molar-refractivity contribution in [1.29, 1.82) is 0 Å². The van der Waals surface area contributed by atoms with E-state index in [-0.39, 0.29) is 5.91 Å². The number of carbonyl (C=O) groups excluding carboxylic acids is 2. The Morgan fingerprint density at radius 1 is 0.923 bits per heavy atom. The lowest BCUT2D eigenvalue weighted by Crippen LogP contribution is -2.46. The van der Waals surface area contributed by atoms with Gasteiger partial charge in [0.15, 0.2) is 0 Å². The highest BCUT2D eigenvalue weighted by Crippen LogP contribution is 2.17. The van der Waals surface area contributed by atoms with Crippen LogP contribution in [0.4, 0.5) is 0 Å². The number of carbonyl (C=O) groups is 2. The zero-order valence-corrected chi connectivity index (χ0v) is 15.0. The fourth-order valence-electron chi connectivity index (χ4n) is 3.17. The standard InChI is InChI=1S/C22H22N2O2/c1-14-6-5-7-15(2)19(14)13-20(21(23)25)24-22(26)18-11-10-16-8-3-4-9-17(16)12-18/h3-12,20H,13H2,1-2H3,(H2,23,25)(H,24,26)/t20-/m1/s1. The lowest BCUT2D eigenvalue weighted by molar-refractivity contribution is -0.119. The maximum absolute atomic E-state index is 12.6. The molecule has 0 saturated carbocycles. The van der Waals surface area contributed by atoms with Crippen molar-refractivity contribution in [2.24, 2.45) is 5.73 Å². The highest BCUT2D eigenvalue weighted by Gasteiger charge is 2.21. The summed E-state index contributed by atoms with van der Waals surface area (Å²) < 4.78 is 0. The van der Waals surface area contributed by atoms with E-state index in [1.54, 1.807) is 6.07 Å². The molecule has 3 rings (SSSR count). The van der Waals surface area contributed by atoms with Crippen molar-refractivity contribution in [2.75, 3.05) is 0 Å². The lowest BCUT2D eigenvalue weighted by atomic mass is 9.96. The van der Waals surface area contributed by atoms with E-state index in [2.05, 4.69) is 5.32 Å². The maximum atomic E-state index is 12.6. The SMILES string of the molecule is Cc1cccc(C)c1C[C@@H](NC(=O)c1ccc2ccccc2c1)C(N)=O. The summed E-state index contributed by atoms with van der Waals surface area (Å²) in [5, 5.41) is 4.83. The van der Waals surface area contributed by atoms with Crippen LogP contribution in [0.25, 0.3) is 10.8 Å². The topological polar surface area (TPSA) is 72.2 Å². The summed E-state index contributed by atoms with van der Waals surface area (Å²) in [6.07, 6.45) is 0.382. The maximum Gasteiger partial charge on any atom is 0.251 e. The van der Waals surface area contributed by atoms with E-state index in [1.807, 2.05) is 68.4 Å². The summed E-state index contributed by atoms with van der Waals surface area (Å²) in [4.78, 5) is 24.6. The van der Waals surface area contributed by atoms with Gasteiger partial charge in [0.1, 0.15) is 6.04 Å². The molecule has 2 amide bonds. The fourth-order valence-corrected chi connectivity index (χ4v) is 3.17. The Kier molecular flexibility index (Phi) is 5.03. The summed E-state index contributed by atoms with van der Waals surface area (Å²) in [5.74, 6) is -0.840. The Morgan fingerprint density at radius 3 is 2.23 bits per heavy atom. The van der Waals surface area contributed by atoms with Crippen molar-refractivity contribution < 1.29 is 9.59 Å². The largest absolute Gasteiger partial charge is 0.368 e. The van der Waals surface area contributed by atoms with Gasteiger partial charge in [-0.05, 0) is 53.4 Å². The minimum atomic E-state index is -0.756. The summed E-state index contributed by atoms with van der Waals surface area (Å²) >= 11 is 0. The first kappa shape index (κ1) is 17.7. The molecule has 4 heteroatoms. The Balaban J connectivity index is 1.83. The second-order valence-corrected chi connectivity index (χ2v) is 6.56. The van der Waals surface area contributed by atoms with Gasteiger partial charge in [-0.2, -0.15) is 0 Å². The predicted octanol–water partition coefficient (Wildman–Crippen LogP) is 3.28. The number of nitrogens with one attached hydrogen (secondary N) is 1. The van der Waals surface area contributed by atoms with Gasteiger partial charge < -0.3 is 11.1 Å². The molecule has 132 valence electrons. The molecule has 0 aliphatic carbocycles. The average Bonchev–Trinajstić information content (AvgIpc) is 2.63. The second kappa shape index (κ2) is 7.40. The zero-order chi connectivity index (χ0) is 18.7. The molecule has 0 aliphatic rings. The molecule has 0 saturated heterocycles. The number of benzene rings is 3. The van der Waals surface area contributed by atoms with Gasteiger partial charge in [-0.15, -0.1) is 0 Å². The van der Waals surface area contributed by atoms with Crippen molar-refractivity contribution in [3.63, 3.8) is 0 Å². The summed E-state index contributed by atoms with van der Waals surface area (Å²) in [6.45, 7) is 3.98. The van der Waals surface area contributed by atoms with Crippen molar-refractivity contribution in [3.8, 4) is 0 Å². The normalized spacial score (nSPS) is 11.9. The van der Waals surface area contributed by atoms with E-state index >= 15 is 0 Å². The fraction of sp³-hybridized carbons (Fsp3) is 0.182. The van der Waals surface area contributed by atoms with Crippen LogP contribution in [0.1, 0.15) is 27.0 Å². The van der Waals surface area contributed by atoms with E-state index in [0.29, 0.717) is 12.0 Å². The molecule has 0 fully saturated rings. The molecule has 3 aromatic rings. The number of hydrogen-bond acceptors (Lipinski definition) is 2. The molecule has 3 aromatic carbocycles. The molecule has 3 N–H and O–H groups in total. The Morgan fingerprint density at radius 2 is 1.58 bits per heavy atom. The third-order valence-electron chi connectivity index (χ3n) is 4.71. The number of hydrogen-bond donors (Lipinski definition) is 2. The highest BCUT2D eigenvalue weighted by atomic mass is 16.2. The monoisotopic (exact) mass is 346 g/mol. The minimum absolute atomic E-state index is 0.300. The number of nitrogens with two attached hydrogens (primary N) is 1. The van der Waals surface area contributed by atoms with Crippen molar-refractivity contribution in [2.45, 2.75) is 26.3 Å². The second-order valence-electron chi connectivity index (χ2n) is 6.56. The zero-order valence-electron chi connectivity index (χ0n) is 15.0. The summed E-state index contributed by atoms with van der Waals surface area (Å²) in [7, 11) is 0. The van der Waals surface area contributed by atoms with Gasteiger partial charge in [-0.1, -0.05) is 48.5 Å². The molecular formula is C22H22N2O2. The lowest BCUT2D eigenvalue weighted by Gasteiger charge is -2.18. The molecule has 0 aromatic heterocycles. The Labute approximate surface area is 153 Å². The number of aryl methyl sites for hydroxylation is 2. The van der Waals surface area contributed by atoms with Crippen LogP contribution < -0.4 is 11.1 Å². The van der Waals surface area contributed by atoms with Gasteiger partial charge in [0, 0.05) is 12.0 Å². The molecule has 0 unspecified atom stereocenters. The van der Waals surface area contributed by atoms with Crippen LogP contribution in [0.5, 0.6) is 0 Å². The van der Waals surface area contributed by atoms with Crippen LogP contribution in [-0.4, -0.2) is 17.9 Å². The molecule has 0 aliphatic heterocycles. The number of fused-ring (bicyclic) bond motifs is 1. The molecule has 1 atom stereocenters. The first-order chi connectivity index (χ1) is 12.5. The summed E-state index contributed by atoms with van der Waals surface area (Å²) in [5.41, 5.74) is 9.26. The average molecular weight is 346 g/mol. The van der Waals surface area contributed by atoms with E-state index < -0.39 is 11.9 Å². The third kappa shape index (κ3) is 3.75. The van der Waals surface area contributed by atoms with Crippen molar-refractivity contribution >= 4 is 22.6 Å². The molecule has 0 radical (unpaired) electrons. The molecule has 0 bridgehead atoms. The first-order valence-electron chi connectivity index (χ1n) is 8.60. The van der Waals surface area contributed by atoms with E-state index in [1.165, 1.54) is 0 Å². The van der Waals surface area contributed by atoms with E-state index in [0.717, 1.165) is 27.5 Å². The van der Waals surface area contributed by atoms with Crippen LogP contribution in [0.15, 0.2) is 60.7 Å². The predicted molar refractivity (Wildman–Crippen MR) is 104 cm³/mol. The van der Waals surface area contributed by atoms with Gasteiger partial charge in [0.2, 0.25) is 5.91 Å².